The Morgan fingerprint density at radius 3 is 2.68 bits per heavy atom. The highest BCUT2D eigenvalue weighted by Gasteiger charge is 2.40. The molecule has 1 aliphatic heterocycles. The number of benzene rings is 1. The molecule has 0 spiro atoms. The van der Waals surface area contributed by atoms with Crippen LogP contribution in [-0.4, -0.2) is 36.5 Å². The van der Waals surface area contributed by atoms with E-state index in [0.717, 1.165) is 6.42 Å². The number of hydrogen-bond donors (Lipinski definition) is 0. The highest BCUT2D eigenvalue weighted by molar-refractivity contribution is 6.29. The molecule has 5 heteroatoms. The number of piperidine rings is 1. The van der Waals surface area contributed by atoms with Crippen molar-refractivity contribution in [3.8, 4) is 0 Å². The second-order valence-electron chi connectivity index (χ2n) is 5.85. The van der Waals surface area contributed by atoms with Gasteiger partial charge in [0.1, 0.15) is 6.61 Å². The van der Waals surface area contributed by atoms with Gasteiger partial charge in [-0.1, -0.05) is 36.4 Å². The van der Waals surface area contributed by atoms with Crippen molar-refractivity contribution in [2.45, 2.75) is 19.8 Å². The third-order valence-electron chi connectivity index (χ3n) is 3.86. The number of rotatable bonds is 4. The molecule has 1 amide bonds. The zero-order chi connectivity index (χ0) is 16.2. The summed E-state index contributed by atoms with van der Waals surface area (Å²) in [5.41, 5.74) is -0.0658. The average Bonchev–Trinajstić information content (AvgIpc) is 2.52. The van der Waals surface area contributed by atoms with Crippen molar-refractivity contribution in [1.82, 2.24) is 4.90 Å². The number of hydrogen-bond acceptors (Lipinski definition) is 3. The minimum atomic E-state index is -0.699. The van der Waals surface area contributed by atoms with Crippen molar-refractivity contribution in [1.29, 1.82) is 0 Å². The third kappa shape index (κ3) is 3.89. The van der Waals surface area contributed by atoms with Gasteiger partial charge in [0.05, 0.1) is 5.41 Å². The minimum absolute atomic E-state index is 0.00259. The lowest BCUT2D eigenvalue weighted by Gasteiger charge is -2.38. The molecule has 0 aliphatic carbocycles. The van der Waals surface area contributed by atoms with Gasteiger partial charge in [0, 0.05) is 23.7 Å². The Morgan fingerprint density at radius 2 is 2.05 bits per heavy atom. The van der Waals surface area contributed by atoms with E-state index in [2.05, 4.69) is 6.58 Å². The van der Waals surface area contributed by atoms with Crippen LogP contribution in [0.4, 0.5) is 0 Å². The quantitative estimate of drug-likeness (QED) is 0.800. The second-order valence-corrected chi connectivity index (χ2v) is 6.38. The van der Waals surface area contributed by atoms with Crippen molar-refractivity contribution in [2.24, 2.45) is 5.41 Å². The highest BCUT2D eigenvalue weighted by Crippen LogP contribution is 2.31. The molecule has 0 bridgehead atoms. The molecule has 0 aromatic heterocycles. The topological polar surface area (TPSA) is 46.6 Å². The molecular formula is C17H20ClNO3. The predicted octanol–water partition coefficient (Wildman–Crippen LogP) is 3.22. The van der Waals surface area contributed by atoms with Crippen LogP contribution >= 0.6 is 11.6 Å². The molecule has 1 saturated heterocycles. The van der Waals surface area contributed by atoms with Crippen molar-refractivity contribution < 1.29 is 14.3 Å². The summed E-state index contributed by atoms with van der Waals surface area (Å²) < 4.78 is 5.17. The van der Waals surface area contributed by atoms with Gasteiger partial charge >= 0.3 is 5.97 Å². The van der Waals surface area contributed by atoms with Crippen molar-refractivity contribution in [3.05, 3.63) is 47.5 Å². The molecule has 2 rings (SSSR count). The summed E-state index contributed by atoms with van der Waals surface area (Å²) in [7, 11) is 0. The van der Waals surface area contributed by atoms with Gasteiger partial charge in [0.2, 0.25) is 0 Å². The first-order chi connectivity index (χ1) is 10.4. The van der Waals surface area contributed by atoms with E-state index < -0.39 is 5.41 Å². The standard InChI is InChI=1S/C17H20ClNO3/c1-13(18)11-22-16(21)17(2)9-6-10-19(12-17)15(20)14-7-4-3-5-8-14/h3-5,7-8H,1,6,9-12H2,2H3. The van der Waals surface area contributed by atoms with E-state index >= 15 is 0 Å². The molecule has 1 atom stereocenters. The Labute approximate surface area is 135 Å². The molecule has 1 heterocycles. The van der Waals surface area contributed by atoms with Crippen molar-refractivity contribution in [2.75, 3.05) is 19.7 Å². The smallest absolute Gasteiger partial charge is 0.313 e. The molecule has 1 aliphatic rings. The molecule has 22 heavy (non-hydrogen) atoms. The van der Waals surface area contributed by atoms with Gasteiger partial charge in [0.25, 0.3) is 5.91 Å². The molecule has 0 radical (unpaired) electrons. The molecule has 1 aromatic rings. The maximum atomic E-state index is 12.5. The summed E-state index contributed by atoms with van der Waals surface area (Å²) in [6, 6.07) is 9.09. The molecular weight excluding hydrogens is 302 g/mol. The van der Waals surface area contributed by atoms with Crippen LogP contribution in [0.1, 0.15) is 30.1 Å². The van der Waals surface area contributed by atoms with Gasteiger partial charge in [-0.25, -0.2) is 0 Å². The first-order valence-corrected chi connectivity index (χ1v) is 7.65. The fraction of sp³-hybridized carbons (Fsp3) is 0.412. The Bertz CT molecular complexity index is 573. The van der Waals surface area contributed by atoms with Gasteiger partial charge in [-0.3, -0.25) is 9.59 Å². The Hall–Kier alpha value is -1.81. The van der Waals surface area contributed by atoms with E-state index in [4.69, 9.17) is 16.3 Å². The van der Waals surface area contributed by atoms with E-state index in [0.29, 0.717) is 25.1 Å². The summed E-state index contributed by atoms with van der Waals surface area (Å²) in [4.78, 5) is 26.5. The summed E-state index contributed by atoms with van der Waals surface area (Å²) >= 11 is 5.63. The monoisotopic (exact) mass is 321 g/mol. The van der Waals surface area contributed by atoms with Crippen LogP contribution in [0.15, 0.2) is 41.9 Å². The Kier molecular flexibility index (Phi) is 5.24. The van der Waals surface area contributed by atoms with Crippen LogP contribution in [0.2, 0.25) is 0 Å². The van der Waals surface area contributed by atoms with Gasteiger partial charge in [-0.2, -0.15) is 0 Å². The second kappa shape index (κ2) is 6.97. The molecule has 1 fully saturated rings. The average molecular weight is 322 g/mol. The zero-order valence-electron chi connectivity index (χ0n) is 12.7. The van der Waals surface area contributed by atoms with Crippen LogP contribution in [-0.2, 0) is 9.53 Å². The van der Waals surface area contributed by atoms with E-state index in [1.165, 1.54) is 0 Å². The number of nitrogens with zero attached hydrogens (tertiary/aromatic N) is 1. The van der Waals surface area contributed by atoms with Crippen molar-refractivity contribution in [3.63, 3.8) is 0 Å². The Balaban J connectivity index is 2.06. The molecule has 118 valence electrons. The third-order valence-corrected chi connectivity index (χ3v) is 3.97. The molecule has 1 unspecified atom stereocenters. The zero-order valence-corrected chi connectivity index (χ0v) is 13.4. The number of esters is 1. The SMILES string of the molecule is C=C(Cl)COC(=O)C1(C)CCCN(C(=O)c2ccccc2)C1. The number of ether oxygens (including phenoxy) is 1. The molecule has 0 saturated carbocycles. The summed E-state index contributed by atoms with van der Waals surface area (Å²) in [5.74, 6) is -0.388. The lowest BCUT2D eigenvalue weighted by molar-refractivity contribution is -0.156. The lowest BCUT2D eigenvalue weighted by atomic mass is 9.81. The van der Waals surface area contributed by atoms with Crippen LogP contribution in [0.3, 0.4) is 0 Å². The number of carbonyl (C=O) groups is 2. The van der Waals surface area contributed by atoms with Crippen molar-refractivity contribution >= 4 is 23.5 Å². The van der Waals surface area contributed by atoms with Gasteiger partial charge in [-0.05, 0) is 31.9 Å². The number of halogens is 1. The highest BCUT2D eigenvalue weighted by atomic mass is 35.5. The van der Waals surface area contributed by atoms with E-state index in [1.54, 1.807) is 17.0 Å². The summed E-state index contributed by atoms with van der Waals surface area (Å²) in [6.07, 6.45) is 1.46. The Morgan fingerprint density at radius 1 is 1.36 bits per heavy atom. The van der Waals surface area contributed by atoms with Crippen LogP contribution in [0, 0.1) is 5.41 Å². The fourth-order valence-electron chi connectivity index (χ4n) is 2.66. The molecule has 4 nitrogen and oxygen atoms in total. The number of amides is 1. The summed E-state index contributed by atoms with van der Waals surface area (Å²) in [6.45, 7) is 6.34. The number of likely N-dealkylation sites (tertiary alicyclic amines) is 1. The van der Waals surface area contributed by atoms with E-state index in [9.17, 15) is 9.59 Å². The van der Waals surface area contributed by atoms with Gasteiger partial charge in [0.15, 0.2) is 0 Å². The maximum Gasteiger partial charge on any atom is 0.313 e. The van der Waals surface area contributed by atoms with E-state index in [-0.39, 0.29) is 23.5 Å². The lowest BCUT2D eigenvalue weighted by Crippen LogP contribution is -2.49. The predicted molar refractivity (Wildman–Crippen MR) is 85.6 cm³/mol. The van der Waals surface area contributed by atoms with E-state index in [1.807, 2.05) is 25.1 Å². The first-order valence-electron chi connectivity index (χ1n) is 7.27. The van der Waals surface area contributed by atoms with Gasteiger partial charge in [-0.15, -0.1) is 0 Å². The fourth-order valence-corrected chi connectivity index (χ4v) is 2.72. The number of carbonyl (C=O) groups excluding carboxylic acids is 2. The minimum Gasteiger partial charge on any atom is -0.459 e. The van der Waals surface area contributed by atoms with Crippen LogP contribution < -0.4 is 0 Å². The largest absolute Gasteiger partial charge is 0.459 e. The van der Waals surface area contributed by atoms with Gasteiger partial charge < -0.3 is 9.64 Å². The first kappa shape index (κ1) is 16.6. The summed E-state index contributed by atoms with van der Waals surface area (Å²) in [5, 5.41) is 0.282. The maximum absolute atomic E-state index is 12.5. The molecule has 0 N–H and O–H groups in total. The normalized spacial score (nSPS) is 21.3. The van der Waals surface area contributed by atoms with Crippen LogP contribution in [0.5, 0.6) is 0 Å². The van der Waals surface area contributed by atoms with Crippen LogP contribution in [0.25, 0.3) is 0 Å². The molecule has 1 aromatic carbocycles.